The van der Waals surface area contributed by atoms with Gasteiger partial charge in [0.15, 0.2) is 0 Å². The first-order valence-electron chi connectivity index (χ1n) is 4.45. The molecule has 0 heterocycles. The van der Waals surface area contributed by atoms with Gasteiger partial charge in [-0.1, -0.05) is 52.3 Å². The average Bonchev–Trinajstić information content (AvgIpc) is 2.19. The van der Waals surface area contributed by atoms with Crippen molar-refractivity contribution in [2.75, 3.05) is 0 Å². The summed E-state index contributed by atoms with van der Waals surface area (Å²) in [6.07, 6.45) is 3.68. The SMILES string of the molecule is C=CCC(O)/C(Br)=C/c1ccccc1. The number of hydrogen-bond donors (Lipinski definition) is 1. The molecule has 1 aromatic rings. The summed E-state index contributed by atoms with van der Waals surface area (Å²) < 4.78 is 0.781. The van der Waals surface area contributed by atoms with Crippen molar-refractivity contribution < 1.29 is 5.11 Å². The van der Waals surface area contributed by atoms with Crippen molar-refractivity contribution in [1.82, 2.24) is 0 Å². The van der Waals surface area contributed by atoms with Crippen LogP contribution >= 0.6 is 15.9 Å². The lowest BCUT2D eigenvalue weighted by molar-refractivity contribution is 0.225. The van der Waals surface area contributed by atoms with Crippen molar-refractivity contribution in [2.45, 2.75) is 12.5 Å². The Labute approximate surface area is 92.9 Å². The molecule has 1 atom stereocenters. The van der Waals surface area contributed by atoms with E-state index in [-0.39, 0.29) is 0 Å². The minimum absolute atomic E-state index is 0.493. The van der Waals surface area contributed by atoms with E-state index in [4.69, 9.17) is 0 Å². The molecule has 74 valence electrons. The van der Waals surface area contributed by atoms with Crippen LogP contribution in [0.5, 0.6) is 0 Å². The standard InChI is InChI=1S/C12H13BrO/c1-2-6-12(14)11(13)9-10-7-4-3-5-8-10/h2-5,7-9,12,14H,1,6H2/b11-9-. The average molecular weight is 253 g/mol. The fourth-order valence-electron chi connectivity index (χ4n) is 1.08. The maximum absolute atomic E-state index is 9.59. The summed E-state index contributed by atoms with van der Waals surface area (Å²) in [5.74, 6) is 0. The van der Waals surface area contributed by atoms with Crippen molar-refractivity contribution >= 4 is 22.0 Å². The van der Waals surface area contributed by atoms with Gasteiger partial charge in [-0.2, -0.15) is 0 Å². The molecular weight excluding hydrogens is 240 g/mol. The fraction of sp³-hybridized carbons (Fsp3) is 0.167. The summed E-state index contributed by atoms with van der Waals surface area (Å²) in [6, 6.07) is 9.87. The number of rotatable bonds is 4. The summed E-state index contributed by atoms with van der Waals surface area (Å²) in [7, 11) is 0. The molecule has 1 N–H and O–H groups in total. The Bertz CT molecular complexity index is 316. The summed E-state index contributed by atoms with van der Waals surface area (Å²) in [5, 5.41) is 9.59. The zero-order valence-electron chi connectivity index (χ0n) is 7.86. The van der Waals surface area contributed by atoms with E-state index in [9.17, 15) is 5.11 Å². The molecule has 1 aromatic carbocycles. The van der Waals surface area contributed by atoms with Gasteiger partial charge in [-0.15, -0.1) is 6.58 Å². The summed E-state index contributed by atoms with van der Waals surface area (Å²) >= 11 is 3.34. The second-order valence-electron chi connectivity index (χ2n) is 2.98. The Balaban J connectivity index is 2.73. The normalized spacial score (nSPS) is 13.7. The Morgan fingerprint density at radius 3 is 2.64 bits per heavy atom. The minimum Gasteiger partial charge on any atom is -0.388 e. The van der Waals surface area contributed by atoms with Crippen LogP contribution in [0.15, 0.2) is 47.5 Å². The quantitative estimate of drug-likeness (QED) is 0.816. The van der Waals surface area contributed by atoms with Crippen LogP contribution in [-0.2, 0) is 0 Å². The first kappa shape index (κ1) is 11.2. The van der Waals surface area contributed by atoms with Crippen LogP contribution in [-0.4, -0.2) is 11.2 Å². The van der Waals surface area contributed by atoms with Gasteiger partial charge in [0.25, 0.3) is 0 Å². The first-order chi connectivity index (χ1) is 6.74. The molecule has 0 bridgehead atoms. The zero-order valence-corrected chi connectivity index (χ0v) is 9.44. The molecule has 0 fully saturated rings. The van der Waals surface area contributed by atoms with E-state index in [1.165, 1.54) is 0 Å². The number of hydrogen-bond acceptors (Lipinski definition) is 1. The highest BCUT2D eigenvalue weighted by atomic mass is 79.9. The molecule has 1 rings (SSSR count). The number of halogens is 1. The van der Waals surface area contributed by atoms with Crippen molar-refractivity contribution in [2.24, 2.45) is 0 Å². The number of aliphatic hydroxyl groups is 1. The Hall–Kier alpha value is -0.860. The summed E-state index contributed by atoms with van der Waals surface area (Å²) in [6.45, 7) is 3.58. The second kappa shape index (κ2) is 5.78. The van der Waals surface area contributed by atoms with Gasteiger partial charge in [-0.05, 0) is 18.1 Å². The molecule has 0 saturated carbocycles. The van der Waals surface area contributed by atoms with Gasteiger partial charge < -0.3 is 5.11 Å². The molecule has 0 radical (unpaired) electrons. The predicted octanol–water partition coefficient (Wildman–Crippen LogP) is 3.36. The third-order valence-electron chi connectivity index (χ3n) is 1.81. The van der Waals surface area contributed by atoms with E-state index in [0.717, 1.165) is 10.0 Å². The number of aliphatic hydroxyl groups excluding tert-OH is 1. The molecule has 0 amide bonds. The van der Waals surface area contributed by atoms with Gasteiger partial charge in [0.1, 0.15) is 0 Å². The van der Waals surface area contributed by atoms with E-state index in [1.807, 2.05) is 36.4 Å². The van der Waals surface area contributed by atoms with Crippen LogP contribution in [0.25, 0.3) is 6.08 Å². The topological polar surface area (TPSA) is 20.2 Å². The third kappa shape index (κ3) is 3.48. The van der Waals surface area contributed by atoms with Crippen molar-refractivity contribution in [1.29, 1.82) is 0 Å². The van der Waals surface area contributed by atoms with Gasteiger partial charge in [0.05, 0.1) is 6.10 Å². The smallest absolute Gasteiger partial charge is 0.0888 e. The van der Waals surface area contributed by atoms with Crippen LogP contribution in [0, 0.1) is 0 Å². The van der Waals surface area contributed by atoms with Crippen LogP contribution in [0.2, 0.25) is 0 Å². The molecule has 0 aliphatic rings. The summed E-state index contributed by atoms with van der Waals surface area (Å²) in [5.41, 5.74) is 1.07. The highest BCUT2D eigenvalue weighted by Crippen LogP contribution is 2.18. The third-order valence-corrected chi connectivity index (χ3v) is 2.57. The maximum Gasteiger partial charge on any atom is 0.0888 e. The van der Waals surface area contributed by atoms with Gasteiger partial charge in [0, 0.05) is 4.48 Å². The minimum atomic E-state index is -0.493. The van der Waals surface area contributed by atoms with Crippen molar-refractivity contribution in [3.05, 3.63) is 53.0 Å². The maximum atomic E-state index is 9.59. The monoisotopic (exact) mass is 252 g/mol. The van der Waals surface area contributed by atoms with Crippen LogP contribution in [0.1, 0.15) is 12.0 Å². The van der Waals surface area contributed by atoms with Gasteiger partial charge in [-0.3, -0.25) is 0 Å². The molecular formula is C12H13BrO. The molecule has 0 spiro atoms. The molecule has 14 heavy (non-hydrogen) atoms. The van der Waals surface area contributed by atoms with Gasteiger partial charge in [0.2, 0.25) is 0 Å². The Morgan fingerprint density at radius 1 is 1.43 bits per heavy atom. The lowest BCUT2D eigenvalue weighted by Crippen LogP contribution is -2.03. The molecule has 2 heteroatoms. The zero-order chi connectivity index (χ0) is 10.4. The van der Waals surface area contributed by atoms with Crippen LogP contribution in [0.4, 0.5) is 0 Å². The predicted molar refractivity (Wildman–Crippen MR) is 64.2 cm³/mol. The number of benzene rings is 1. The van der Waals surface area contributed by atoms with E-state index < -0.39 is 6.10 Å². The molecule has 1 nitrogen and oxygen atoms in total. The van der Waals surface area contributed by atoms with E-state index in [1.54, 1.807) is 6.08 Å². The van der Waals surface area contributed by atoms with Crippen molar-refractivity contribution in [3.63, 3.8) is 0 Å². The largest absolute Gasteiger partial charge is 0.388 e. The van der Waals surface area contributed by atoms with Crippen LogP contribution in [0.3, 0.4) is 0 Å². The lowest BCUT2D eigenvalue weighted by Gasteiger charge is -2.06. The second-order valence-corrected chi connectivity index (χ2v) is 3.90. The first-order valence-corrected chi connectivity index (χ1v) is 5.24. The van der Waals surface area contributed by atoms with Crippen LogP contribution < -0.4 is 0 Å². The molecule has 0 saturated heterocycles. The highest BCUT2D eigenvalue weighted by Gasteiger charge is 2.04. The lowest BCUT2D eigenvalue weighted by atomic mass is 10.1. The Morgan fingerprint density at radius 2 is 2.07 bits per heavy atom. The van der Waals surface area contributed by atoms with Crippen molar-refractivity contribution in [3.8, 4) is 0 Å². The molecule has 0 aliphatic heterocycles. The molecule has 1 unspecified atom stereocenters. The van der Waals surface area contributed by atoms with Gasteiger partial charge >= 0.3 is 0 Å². The molecule has 0 aromatic heterocycles. The molecule has 0 aliphatic carbocycles. The van der Waals surface area contributed by atoms with E-state index >= 15 is 0 Å². The van der Waals surface area contributed by atoms with Gasteiger partial charge in [-0.25, -0.2) is 0 Å². The fourth-order valence-corrected chi connectivity index (χ4v) is 1.53. The highest BCUT2D eigenvalue weighted by molar-refractivity contribution is 9.11. The van der Waals surface area contributed by atoms with E-state index in [2.05, 4.69) is 22.5 Å². The Kier molecular flexibility index (Phi) is 4.63. The summed E-state index contributed by atoms with van der Waals surface area (Å²) in [4.78, 5) is 0. The van der Waals surface area contributed by atoms with E-state index in [0.29, 0.717) is 6.42 Å².